The lowest BCUT2D eigenvalue weighted by molar-refractivity contribution is 0.0743. The molecule has 28 heavy (non-hydrogen) atoms. The van der Waals surface area contributed by atoms with Gasteiger partial charge in [0, 0.05) is 24.3 Å². The Bertz CT molecular complexity index is 988. The molecule has 0 unspecified atom stereocenters. The molecule has 1 N–H and O–H groups in total. The fourth-order valence-corrected chi connectivity index (χ4v) is 4.43. The molecule has 6 nitrogen and oxygen atoms in total. The predicted molar refractivity (Wildman–Crippen MR) is 109 cm³/mol. The second kappa shape index (κ2) is 8.06. The van der Waals surface area contributed by atoms with E-state index in [4.69, 9.17) is 4.74 Å². The summed E-state index contributed by atoms with van der Waals surface area (Å²) < 4.78 is 33.4. The molecule has 148 valence electrons. The number of piperidine rings is 1. The first-order valence-corrected chi connectivity index (χ1v) is 10.5. The quantitative estimate of drug-likeness (QED) is 0.778. The average molecular weight is 401 g/mol. The number of hydrogen-bond donors (Lipinski definition) is 1. The van der Waals surface area contributed by atoms with E-state index >= 15 is 0 Å². The van der Waals surface area contributed by atoms with E-state index in [2.05, 4.69) is 11.3 Å². The summed E-state index contributed by atoms with van der Waals surface area (Å²) in [6, 6.07) is 11.4. The Morgan fingerprint density at radius 3 is 2.36 bits per heavy atom. The number of nitrogens with one attached hydrogen (secondary N) is 1. The van der Waals surface area contributed by atoms with Gasteiger partial charge in [-0.1, -0.05) is 18.2 Å². The first-order chi connectivity index (χ1) is 13.3. The molecule has 1 aliphatic heterocycles. The van der Waals surface area contributed by atoms with Crippen LogP contribution < -0.4 is 9.46 Å². The summed E-state index contributed by atoms with van der Waals surface area (Å²) in [6.07, 6.45) is 1.56. The van der Waals surface area contributed by atoms with Crippen LogP contribution >= 0.6 is 0 Å². The number of carbonyl (C=O) groups excluding carboxylic acids is 1. The van der Waals surface area contributed by atoms with Crippen LogP contribution in [0.15, 0.2) is 59.5 Å². The van der Waals surface area contributed by atoms with Crippen molar-refractivity contribution in [3.8, 4) is 5.75 Å². The number of nitrogens with zero attached hydrogens (tertiary/aromatic N) is 1. The molecule has 3 rings (SSSR count). The van der Waals surface area contributed by atoms with E-state index in [1.54, 1.807) is 55.3 Å². The number of sulfonamides is 1. The summed E-state index contributed by atoms with van der Waals surface area (Å²) in [5.41, 5.74) is 2.50. The summed E-state index contributed by atoms with van der Waals surface area (Å²) in [6.45, 7) is 6.88. The van der Waals surface area contributed by atoms with E-state index in [9.17, 15) is 13.2 Å². The number of carbonyl (C=O) groups is 1. The number of hydrogen-bond acceptors (Lipinski definition) is 4. The maximum atomic E-state index is 12.9. The standard InChI is InChI=1S/C21H24N2O4S/c1-15-10-12-23(13-11-15)21(24)17-5-4-16(2)20(14-17)28(25,26)22-18-6-8-19(27-3)9-7-18/h4-9,14,22H,1,10-13H2,2-3H3. The van der Waals surface area contributed by atoms with Gasteiger partial charge in [-0.25, -0.2) is 8.42 Å². The third kappa shape index (κ3) is 4.36. The summed E-state index contributed by atoms with van der Waals surface area (Å²) in [4.78, 5) is 14.6. The molecule has 0 aromatic heterocycles. The number of aryl methyl sites for hydroxylation is 1. The molecule has 1 saturated heterocycles. The smallest absolute Gasteiger partial charge is 0.262 e. The van der Waals surface area contributed by atoms with Crippen molar-refractivity contribution in [3.05, 3.63) is 65.7 Å². The minimum atomic E-state index is -3.83. The molecule has 1 fully saturated rings. The molecular weight excluding hydrogens is 376 g/mol. The van der Waals surface area contributed by atoms with Crippen molar-refractivity contribution in [3.63, 3.8) is 0 Å². The van der Waals surface area contributed by atoms with Gasteiger partial charge in [0.1, 0.15) is 5.75 Å². The van der Waals surface area contributed by atoms with E-state index in [1.807, 2.05) is 0 Å². The van der Waals surface area contributed by atoms with Crippen LogP contribution in [0, 0.1) is 6.92 Å². The summed E-state index contributed by atoms with van der Waals surface area (Å²) >= 11 is 0. The van der Waals surface area contributed by atoms with Crippen LogP contribution in [-0.2, 0) is 10.0 Å². The highest BCUT2D eigenvalue weighted by molar-refractivity contribution is 7.92. The van der Waals surface area contributed by atoms with Crippen LogP contribution in [-0.4, -0.2) is 39.4 Å². The van der Waals surface area contributed by atoms with Gasteiger partial charge < -0.3 is 9.64 Å². The molecule has 0 bridgehead atoms. The highest BCUT2D eigenvalue weighted by Crippen LogP contribution is 2.24. The maximum absolute atomic E-state index is 12.9. The Kier molecular flexibility index (Phi) is 5.74. The molecule has 0 spiro atoms. The Morgan fingerprint density at radius 2 is 1.75 bits per heavy atom. The van der Waals surface area contributed by atoms with Crippen LogP contribution in [0.4, 0.5) is 5.69 Å². The van der Waals surface area contributed by atoms with Gasteiger partial charge in [0.05, 0.1) is 12.0 Å². The minimum Gasteiger partial charge on any atom is -0.497 e. The number of likely N-dealkylation sites (tertiary alicyclic amines) is 1. The number of amides is 1. The summed E-state index contributed by atoms with van der Waals surface area (Å²) in [5.74, 6) is 0.476. The van der Waals surface area contributed by atoms with E-state index in [0.29, 0.717) is 35.7 Å². The van der Waals surface area contributed by atoms with E-state index in [0.717, 1.165) is 18.4 Å². The minimum absolute atomic E-state index is 0.0931. The zero-order valence-corrected chi connectivity index (χ0v) is 16.9. The molecule has 1 heterocycles. The third-order valence-electron chi connectivity index (χ3n) is 4.82. The lowest BCUT2D eigenvalue weighted by Gasteiger charge is -2.28. The van der Waals surface area contributed by atoms with Crippen LogP contribution in [0.1, 0.15) is 28.8 Å². The molecule has 2 aromatic rings. The average Bonchev–Trinajstić information content (AvgIpc) is 2.68. The molecule has 2 aromatic carbocycles. The molecular formula is C21H24N2O4S. The zero-order valence-electron chi connectivity index (χ0n) is 16.1. The SMILES string of the molecule is C=C1CCN(C(=O)c2ccc(C)c(S(=O)(=O)Nc3ccc(OC)cc3)c2)CC1. The monoisotopic (exact) mass is 400 g/mol. The van der Waals surface area contributed by atoms with E-state index in [1.165, 1.54) is 6.07 Å². The van der Waals surface area contributed by atoms with Crippen molar-refractivity contribution >= 4 is 21.6 Å². The summed E-state index contributed by atoms with van der Waals surface area (Å²) in [5, 5.41) is 0. The van der Waals surface area contributed by atoms with Gasteiger partial charge in [0.25, 0.3) is 15.9 Å². The van der Waals surface area contributed by atoms with Crippen molar-refractivity contribution < 1.29 is 17.9 Å². The Balaban J connectivity index is 1.85. The molecule has 0 radical (unpaired) electrons. The van der Waals surface area contributed by atoms with E-state index < -0.39 is 10.0 Å². The number of methoxy groups -OCH3 is 1. The largest absolute Gasteiger partial charge is 0.497 e. The van der Waals surface area contributed by atoms with Crippen LogP contribution in [0.2, 0.25) is 0 Å². The van der Waals surface area contributed by atoms with Gasteiger partial charge in [0.2, 0.25) is 0 Å². The highest BCUT2D eigenvalue weighted by atomic mass is 32.2. The van der Waals surface area contributed by atoms with Crippen LogP contribution in [0.3, 0.4) is 0 Å². The fourth-order valence-electron chi connectivity index (χ4n) is 3.10. The first-order valence-electron chi connectivity index (χ1n) is 9.03. The van der Waals surface area contributed by atoms with Gasteiger partial charge in [-0.15, -0.1) is 0 Å². The van der Waals surface area contributed by atoms with Gasteiger partial charge in [0.15, 0.2) is 0 Å². The van der Waals surface area contributed by atoms with Crippen molar-refractivity contribution in [1.82, 2.24) is 4.90 Å². The van der Waals surface area contributed by atoms with Crippen molar-refractivity contribution in [2.75, 3.05) is 24.9 Å². The number of anilines is 1. The molecule has 7 heteroatoms. The van der Waals surface area contributed by atoms with Crippen molar-refractivity contribution in [2.24, 2.45) is 0 Å². The normalized spacial score (nSPS) is 14.6. The summed E-state index contributed by atoms with van der Waals surface area (Å²) in [7, 11) is -2.29. The van der Waals surface area contributed by atoms with E-state index in [-0.39, 0.29) is 10.8 Å². The second-order valence-electron chi connectivity index (χ2n) is 6.86. The Morgan fingerprint density at radius 1 is 1.11 bits per heavy atom. The Labute approximate surface area is 165 Å². The lowest BCUT2D eigenvalue weighted by Crippen LogP contribution is -2.36. The van der Waals surface area contributed by atoms with Gasteiger partial charge in [-0.05, 0) is 61.7 Å². The van der Waals surface area contributed by atoms with Crippen LogP contribution in [0.5, 0.6) is 5.75 Å². The van der Waals surface area contributed by atoms with Crippen LogP contribution in [0.25, 0.3) is 0 Å². The lowest BCUT2D eigenvalue weighted by atomic mass is 10.0. The maximum Gasteiger partial charge on any atom is 0.262 e. The second-order valence-corrected chi connectivity index (χ2v) is 8.51. The molecule has 0 saturated carbocycles. The highest BCUT2D eigenvalue weighted by Gasteiger charge is 2.23. The zero-order chi connectivity index (χ0) is 20.3. The van der Waals surface area contributed by atoms with Gasteiger partial charge >= 0.3 is 0 Å². The molecule has 1 aliphatic rings. The molecule has 1 amide bonds. The van der Waals surface area contributed by atoms with Crippen molar-refractivity contribution in [2.45, 2.75) is 24.7 Å². The number of benzene rings is 2. The van der Waals surface area contributed by atoms with Gasteiger partial charge in [-0.2, -0.15) is 0 Å². The van der Waals surface area contributed by atoms with Gasteiger partial charge in [-0.3, -0.25) is 9.52 Å². The predicted octanol–water partition coefficient (Wildman–Crippen LogP) is 3.60. The number of rotatable bonds is 5. The first kappa shape index (κ1) is 19.9. The topological polar surface area (TPSA) is 75.7 Å². The molecule has 0 aliphatic carbocycles. The third-order valence-corrected chi connectivity index (χ3v) is 6.35. The Hall–Kier alpha value is -2.80. The fraction of sp³-hybridized carbons (Fsp3) is 0.286. The van der Waals surface area contributed by atoms with Crippen molar-refractivity contribution in [1.29, 1.82) is 0 Å². The molecule has 0 atom stereocenters. The number of ether oxygens (including phenoxy) is 1.